The van der Waals surface area contributed by atoms with Gasteiger partial charge in [0, 0.05) is 0 Å². The third kappa shape index (κ3) is 12.7. The first kappa shape index (κ1) is 42.6. The molecule has 2 unspecified atom stereocenters. The highest BCUT2D eigenvalue weighted by Crippen LogP contribution is 2.40. The van der Waals surface area contributed by atoms with Crippen LogP contribution in [0.15, 0.2) is 103 Å². The second kappa shape index (κ2) is 21.7. The predicted octanol–water partition coefficient (Wildman–Crippen LogP) is 16.1. The lowest BCUT2D eigenvalue weighted by molar-refractivity contribution is 0.275. The Kier molecular flexibility index (Phi) is 16.5. The number of ether oxygens (including phenoxy) is 2. The van der Waals surface area contributed by atoms with Crippen molar-refractivity contribution in [3.63, 3.8) is 0 Å². The number of benzene rings is 5. The normalized spacial score (nSPS) is 13.0. The zero-order valence-corrected chi connectivity index (χ0v) is 35.7. The van der Waals surface area contributed by atoms with Crippen molar-refractivity contribution < 1.29 is 9.47 Å². The van der Waals surface area contributed by atoms with Crippen LogP contribution in [0.25, 0.3) is 51.3 Å². The van der Waals surface area contributed by atoms with E-state index in [0.29, 0.717) is 11.8 Å². The standard InChI is InChI=1S/C54H68O2/c1-9-12-44-18-20-45(21-19-44)22-23-47-28-34-51-52(54(47)48-26-31-50(32-27-48)56-38-36-42(7)16-11-14-40(4)5)33-17-43(8)53(51)46-24-29-49(30-25-46)55-37-35-41(6)15-10-13-39(2)3/h9,12,17-34,39-42H,10-11,13-16,35-38H2,1-8H3/b12-9+,23-22+. The van der Waals surface area contributed by atoms with Gasteiger partial charge in [-0.3, -0.25) is 0 Å². The van der Waals surface area contributed by atoms with Crippen LogP contribution in [-0.4, -0.2) is 13.2 Å². The molecule has 2 heteroatoms. The summed E-state index contributed by atoms with van der Waals surface area (Å²) in [4.78, 5) is 0. The van der Waals surface area contributed by atoms with Crippen molar-refractivity contribution in [2.45, 2.75) is 107 Å². The molecule has 0 aliphatic carbocycles. The SMILES string of the molecule is C/C=C/c1ccc(/C=C/c2ccc3c(-c4ccc(OCCC(C)CCCC(C)C)cc4)c(C)ccc3c2-c2ccc(OCCC(C)CCCC(C)C)cc2)cc1. The zero-order chi connectivity index (χ0) is 39.9. The minimum Gasteiger partial charge on any atom is -0.494 e. The molecule has 0 radical (unpaired) electrons. The fourth-order valence-electron chi connectivity index (χ4n) is 7.70. The summed E-state index contributed by atoms with van der Waals surface area (Å²) in [6.45, 7) is 19.7. The van der Waals surface area contributed by atoms with Crippen molar-refractivity contribution in [2.24, 2.45) is 23.7 Å². The van der Waals surface area contributed by atoms with Gasteiger partial charge < -0.3 is 9.47 Å². The smallest absolute Gasteiger partial charge is 0.119 e. The average molecular weight is 749 g/mol. The Balaban J connectivity index is 1.40. The molecule has 0 amide bonds. The first-order chi connectivity index (χ1) is 27.1. The largest absolute Gasteiger partial charge is 0.494 e. The summed E-state index contributed by atoms with van der Waals surface area (Å²) in [5.41, 5.74) is 9.74. The minimum absolute atomic E-state index is 0.678. The lowest BCUT2D eigenvalue weighted by Gasteiger charge is -2.17. The van der Waals surface area contributed by atoms with Gasteiger partial charge in [0.2, 0.25) is 0 Å². The van der Waals surface area contributed by atoms with Crippen molar-refractivity contribution in [1.82, 2.24) is 0 Å². The number of hydrogen-bond donors (Lipinski definition) is 0. The van der Waals surface area contributed by atoms with E-state index in [1.165, 1.54) is 93.8 Å². The van der Waals surface area contributed by atoms with Gasteiger partial charge in [0.05, 0.1) is 13.2 Å². The van der Waals surface area contributed by atoms with Crippen molar-refractivity contribution in [2.75, 3.05) is 13.2 Å². The summed E-state index contributed by atoms with van der Waals surface area (Å²) >= 11 is 0. The van der Waals surface area contributed by atoms with Crippen LogP contribution >= 0.6 is 0 Å². The molecule has 0 spiro atoms. The molecule has 56 heavy (non-hydrogen) atoms. The van der Waals surface area contributed by atoms with Crippen molar-refractivity contribution in [3.05, 3.63) is 125 Å². The molecule has 2 nitrogen and oxygen atoms in total. The average Bonchev–Trinajstić information content (AvgIpc) is 3.18. The maximum atomic E-state index is 6.28. The number of rotatable bonds is 21. The van der Waals surface area contributed by atoms with Crippen molar-refractivity contribution in [3.8, 4) is 33.8 Å². The molecule has 0 fully saturated rings. The monoisotopic (exact) mass is 749 g/mol. The van der Waals surface area contributed by atoms with E-state index >= 15 is 0 Å². The molecule has 0 bridgehead atoms. The summed E-state index contributed by atoms with van der Waals surface area (Å²) in [6.07, 6.45) is 18.7. The van der Waals surface area contributed by atoms with Crippen LogP contribution in [0.1, 0.15) is 122 Å². The molecule has 5 rings (SSSR count). The van der Waals surface area contributed by atoms with Crippen LogP contribution in [0.4, 0.5) is 0 Å². The molecule has 0 saturated carbocycles. The molecular formula is C54H68O2. The molecule has 5 aromatic rings. The molecular weight excluding hydrogens is 681 g/mol. The van der Waals surface area contributed by atoms with Crippen molar-refractivity contribution in [1.29, 1.82) is 0 Å². The Labute approximate surface area is 340 Å². The lowest BCUT2D eigenvalue weighted by atomic mass is 9.87. The third-order valence-electron chi connectivity index (χ3n) is 11.2. The Morgan fingerprint density at radius 3 is 1.43 bits per heavy atom. The van der Waals surface area contributed by atoms with Crippen LogP contribution in [0.5, 0.6) is 11.5 Å². The Morgan fingerprint density at radius 2 is 0.929 bits per heavy atom. The second-order valence-corrected chi connectivity index (χ2v) is 17.1. The maximum Gasteiger partial charge on any atom is 0.119 e. The van der Waals surface area contributed by atoms with E-state index in [9.17, 15) is 0 Å². The summed E-state index contributed by atoms with van der Waals surface area (Å²) in [5, 5.41) is 2.50. The van der Waals surface area contributed by atoms with Gasteiger partial charge in [0.15, 0.2) is 0 Å². The molecule has 0 aromatic heterocycles. The molecule has 5 aromatic carbocycles. The topological polar surface area (TPSA) is 18.5 Å². The van der Waals surface area contributed by atoms with Gasteiger partial charge in [-0.05, 0) is 130 Å². The van der Waals surface area contributed by atoms with Crippen LogP contribution in [0, 0.1) is 30.6 Å². The van der Waals surface area contributed by atoms with E-state index in [4.69, 9.17) is 9.47 Å². The van der Waals surface area contributed by atoms with Crippen LogP contribution in [0.3, 0.4) is 0 Å². The third-order valence-corrected chi connectivity index (χ3v) is 11.2. The quantitative estimate of drug-likeness (QED) is 0.0696. The number of fused-ring (bicyclic) bond motifs is 1. The van der Waals surface area contributed by atoms with E-state index < -0.39 is 0 Å². The predicted molar refractivity (Wildman–Crippen MR) is 246 cm³/mol. The number of aryl methyl sites for hydroxylation is 1. The summed E-state index contributed by atoms with van der Waals surface area (Å²) in [6, 6.07) is 35.4. The summed E-state index contributed by atoms with van der Waals surface area (Å²) in [7, 11) is 0. The first-order valence-corrected chi connectivity index (χ1v) is 21.5. The minimum atomic E-state index is 0.678. The fraction of sp³-hybridized carbons (Fsp3) is 0.407. The van der Waals surface area contributed by atoms with E-state index in [0.717, 1.165) is 49.4 Å². The molecule has 296 valence electrons. The van der Waals surface area contributed by atoms with E-state index in [-0.39, 0.29) is 0 Å². The lowest BCUT2D eigenvalue weighted by Crippen LogP contribution is -2.05. The Morgan fingerprint density at radius 1 is 0.464 bits per heavy atom. The van der Waals surface area contributed by atoms with Gasteiger partial charge in [0.1, 0.15) is 11.5 Å². The zero-order valence-electron chi connectivity index (χ0n) is 35.7. The van der Waals surface area contributed by atoms with Crippen LogP contribution < -0.4 is 9.47 Å². The molecule has 0 aliphatic rings. The molecule has 2 atom stereocenters. The van der Waals surface area contributed by atoms with Crippen LogP contribution in [0.2, 0.25) is 0 Å². The number of hydrogen-bond acceptors (Lipinski definition) is 2. The number of allylic oxidation sites excluding steroid dienone is 1. The molecule has 0 N–H and O–H groups in total. The van der Waals surface area contributed by atoms with Gasteiger partial charge in [0.25, 0.3) is 0 Å². The Bertz CT molecular complexity index is 1980. The first-order valence-electron chi connectivity index (χ1n) is 21.5. The van der Waals surface area contributed by atoms with E-state index in [1.807, 2.05) is 0 Å². The maximum absolute atomic E-state index is 6.28. The van der Waals surface area contributed by atoms with Crippen molar-refractivity contribution >= 4 is 29.0 Å². The highest BCUT2D eigenvalue weighted by molar-refractivity contribution is 6.08. The second-order valence-electron chi connectivity index (χ2n) is 17.1. The van der Waals surface area contributed by atoms with Gasteiger partial charge in [-0.2, -0.15) is 0 Å². The highest BCUT2D eigenvalue weighted by Gasteiger charge is 2.15. The Hall–Kier alpha value is -4.56. The molecule has 0 heterocycles. The van der Waals surface area contributed by atoms with Gasteiger partial charge >= 0.3 is 0 Å². The fourth-order valence-corrected chi connectivity index (χ4v) is 7.70. The van der Waals surface area contributed by atoms with Crippen LogP contribution in [-0.2, 0) is 0 Å². The highest BCUT2D eigenvalue weighted by atomic mass is 16.5. The van der Waals surface area contributed by atoms with Gasteiger partial charge in [-0.25, -0.2) is 0 Å². The molecule has 0 aliphatic heterocycles. The summed E-state index contributed by atoms with van der Waals surface area (Å²) < 4.78 is 12.5. The van der Waals surface area contributed by atoms with E-state index in [1.54, 1.807) is 0 Å². The van der Waals surface area contributed by atoms with E-state index in [2.05, 4.69) is 177 Å². The van der Waals surface area contributed by atoms with Gasteiger partial charge in [-0.1, -0.05) is 177 Å². The van der Waals surface area contributed by atoms with Gasteiger partial charge in [-0.15, -0.1) is 0 Å². The summed E-state index contributed by atoms with van der Waals surface area (Å²) in [5.74, 6) is 4.79. The molecule has 0 saturated heterocycles.